The predicted octanol–water partition coefficient (Wildman–Crippen LogP) is 16.4. The number of ether oxygens (including phenoxy) is 1. The van der Waals surface area contributed by atoms with Crippen molar-refractivity contribution >= 4 is 27.8 Å². The highest BCUT2D eigenvalue weighted by molar-refractivity contribution is 6.07. The van der Waals surface area contributed by atoms with E-state index in [1.807, 2.05) is 0 Å². The summed E-state index contributed by atoms with van der Waals surface area (Å²) in [5.74, 6) is 1.70. The third-order valence-corrected chi connectivity index (χ3v) is 11.7. The molecule has 0 atom stereocenters. The Morgan fingerprint density at radius 2 is 0.683 bits per heavy atom. The van der Waals surface area contributed by atoms with Crippen LogP contribution in [-0.2, 0) is 0 Å². The van der Waals surface area contributed by atoms with E-state index >= 15 is 0 Å². The summed E-state index contributed by atoms with van der Waals surface area (Å²) >= 11 is 0. The molecule has 1 aliphatic rings. The number of rotatable bonds is 7. The number of anilines is 3. The van der Waals surface area contributed by atoms with Gasteiger partial charge in [0, 0.05) is 33.8 Å². The summed E-state index contributed by atoms with van der Waals surface area (Å²) < 4.78 is 6.94. The van der Waals surface area contributed by atoms with Gasteiger partial charge in [-0.25, -0.2) is 0 Å². The molecule has 10 aromatic rings. The van der Waals surface area contributed by atoms with E-state index in [2.05, 4.69) is 241 Å². The quantitative estimate of drug-likeness (QED) is 0.160. The zero-order valence-corrected chi connectivity index (χ0v) is 32.9. The lowest BCUT2D eigenvalue weighted by Crippen LogP contribution is -2.09. The van der Waals surface area contributed by atoms with Crippen LogP contribution in [0.25, 0.3) is 77.5 Å². The highest BCUT2D eigenvalue weighted by Crippen LogP contribution is 2.51. The molecule has 10 aromatic carbocycles. The van der Waals surface area contributed by atoms with Gasteiger partial charge in [0.15, 0.2) is 0 Å². The van der Waals surface area contributed by atoms with Gasteiger partial charge in [0.25, 0.3) is 0 Å². The van der Waals surface area contributed by atoms with Gasteiger partial charge in [-0.3, -0.25) is 0 Å². The van der Waals surface area contributed by atoms with Crippen molar-refractivity contribution in [3.63, 3.8) is 0 Å². The maximum atomic E-state index is 6.94. The zero-order valence-electron chi connectivity index (χ0n) is 32.9. The molecule has 0 amide bonds. The van der Waals surface area contributed by atoms with Crippen LogP contribution >= 0.6 is 0 Å². The molecule has 0 aromatic heterocycles. The van der Waals surface area contributed by atoms with Crippen molar-refractivity contribution in [3.8, 4) is 78.3 Å². The summed E-state index contributed by atoms with van der Waals surface area (Å²) in [6, 6.07) is 84.6. The van der Waals surface area contributed by atoms with E-state index in [9.17, 15) is 0 Å². The molecule has 0 unspecified atom stereocenters. The molecule has 0 saturated heterocycles. The lowest BCUT2D eigenvalue weighted by atomic mass is 9.88. The van der Waals surface area contributed by atoms with Crippen LogP contribution in [0.15, 0.2) is 237 Å². The van der Waals surface area contributed by atoms with Gasteiger partial charge in [0.1, 0.15) is 11.5 Å². The highest BCUT2D eigenvalue weighted by Gasteiger charge is 2.24. The summed E-state index contributed by atoms with van der Waals surface area (Å²) in [7, 11) is 0. The minimum atomic E-state index is 0.845. The number of hydrogen-bond acceptors (Lipinski definition) is 2. The average molecular weight is 766 g/mol. The van der Waals surface area contributed by atoms with Crippen LogP contribution in [0.4, 0.5) is 17.1 Å². The van der Waals surface area contributed by atoms with Crippen LogP contribution < -0.4 is 9.64 Å². The van der Waals surface area contributed by atoms with E-state index in [1.165, 1.54) is 49.7 Å². The minimum absolute atomic E-state index is 0.845. The minimum Gasteiger partial charge on any atom is -0.456 e. The Morgan fingerprint density at radius 3 is 1.25 bits per heavy atom. The topological polar surface area (TPSA) is 12.5 Å². The molecular weight excluding hydrogens is 727 g/mol. The number of benzene rings is 10. The fraction of sp³-hybridized carbons (Fsp3) is 0. The molecule has 0 radical (unpaired) electrons. The molecule has 0 spiro atoms. The van der Waals surface area contributed by atoms with Crippen molar-refractivity contribution in [1.29, 1.82) is 0 Å². The van der Waals surface area contributed by atoms with Gasteiger partial charge in [0.2, 0.25) is 0 Å². The zero-order chi connectivity index (χ0) is 39.8. The second-order valence-corrected chi connectivity index (χ2v) is 15.3. The Hall–Kier alpha value is -7.94. The van der Waals surface area contributed by atoms with Gasteiger partial charge in [-0.05, 0) is 122 Å². The van der Waals surface area contributed by atoms with Crippen LogP contribution in [0, 0.1) is 0 Å². The summed E-state index contributed by atoms with van der Waals surface area (Å²) in [6.45, 7) is 0. The summed E-state index contributed by atoms with van der Waals surface area (Å²) in [6.07, 6.45) is 0. The van der Waals surface area contributed by atoms with E-state index in [4.69, 9.17) is 4.74 Å². The van der Waals surface area contributed by atoms with Gasteiger partial charge in [0.05, 0.1) is 0 Å². The van der Waals surface area contributed by atoms with Crippen molar-refractivity contribution < 1.29 is 4.74 Å². The first-order valence-corrected chi connectivity index (χ1v) is 20.5. The second-order valence-electron chi connectivity index (χ2n) is 15.3. The molecule has 1 heterocycles. The highest BCUT2D eigenvalue weighted by atomic mass is 16.5. The van der Waals surface area contributed by atoms with Crippen molar-refractivity contribution in [2.24, 2.45) is 0 Å². The van der Waals surface area contributed by atoms with Crippen molar-refractivity contribution in [1.82, 2.24) is 0 Å². The molecule has 282 valence electrons. The number of hydrogen-bond donors (Lipinski definition) is 0. The maximum Gasteiger partial charge on any atom is 0.135 e. The Kier molecular flexibility index (Phi) is 8.87. The molecule has 1 aliphatic heterocycles. The van der Waals surface area contributed by atoms with Crippen LogP contribution in [-0.4, -0.2) is 0 Å². The fourth-order valence-electron chi connectivity index (χ4n) is 8.66. The smallest absolute Gasteiger partial charge is 0.135 e. The molecule has 0 bridgehead atoms. The Bertz CT molecular complexity index is 3040. The number of nitrogens with zero attached hydrogens (tertiary/aromatic N) is 1. The second kappa shape index (κ2) is 15.1. The lowest BCUT2D eigenvalue weighted by molar-refractivity contribution is 0.488. The van der Waals surface area contributed by atoms with Crippen LogP contribution in [0.1, 0.15) is 0 Å². The van der Waals surface area contributed by atoms with E-state index in [0.29, 0.717) is 0 Å². The lowest BCUT2D eigenvalue weighted by Gasteiger charge is -2.26. The van der Waals surface area contributed by atoms with E-state index < -0.39 is 0 Å². The van der Waals surface area contributed by atoms with Gasteiger partial charge >= 0.3 is 0 Å². The predicted molar refractivity (Wildman–Crippen MR) is 251 cm³/mol. The molecular formula is C58H39NO. The van der Waals surface area contributed by atoms with Crippen LogP contribution in [0.5, 0.6) is 11.5 Å². The van der Waals surface area contributed by atoms with Crippen LogP contribution in [0.3, 0.4) is 0 Å². The molecule has 2 nitrogen and oxygen atoms in total. The van der Waals surface area contributed by atoms with Crippen LogP contribution in [0.2, 0.25) is 0 Å². The van der Waals surface area contributed by atoms with Gasteiger partial charge in [-0.15, -0.1) is 0 Å². The molecule has 0 fully saturated rings. The monoisotopic (exact) mass is 765 g/mol. The van der Waals surface area contributed by atoms with E-state index in [-0.39, 0.29) is 0 Å². The van der Waals surface area contributed by atoms with E-state index in [0.717, 1.165) is 56.4 Å². The average Bonchev–Trinajstić information content (AvgIpc) is 3.47. The third kappa shape index (κ3) is 6.51. The van der Waals surface area contributed by atoms with E-state index in [1.54, 1.807) is 0 Å². The standard InChI is InChI=1S/C58H39NO/c1-4-12-40(13-5-1)43-20-29-49(30-21-43)59(50-31-22-44(23-32-50)41-14-6-2-7-15-41)51-33-24-45(25-34-51)48-27-35-53-54-36-26-46-18-10-11-19-52(46)58(54)55-38-47(42-16-8-3-9-17-42)28-37-56(55)60-57(53)39-48/h1-39H. The Labute approximate surface area is 350 Å². The van der Waals surface area contributed by atoms with Crippen molar-refractivity contribution in [2.45, 2.75) is 0 Å². The molecule has 0 N–H and O–H groups in total. The van der Waals surface area contributed by atoms with Crippen molar-refractivity contribution in [3.05, 3.63) is 237 Å². The fourth-order valence-corrected chi connectivity index (χ4v) is 8.66. The van der Waals surface area contributed by atoms with Gasteiger partial charge in [-0.1, -0.05) is 176 Å². The van der Waals surface area contributed by atoms with Gasteiger partial charge in [-0.2, -0.15) is 0 Å². The number of fused-ring (bicyclic) bond motifs is 7. The molecule has 60 heavy (non-hydrogen) atoms. The summed E-state index contributed by atoms with van der Waals surface area (Å²) in [5, 5.41) is 2.42. The maximum absolute atomic E-state index is 6.94. The Morgan fingerprint density at radius 1 is 0.267 bits per heavy atom. The molecule has 11 rings (SSSR count). The molecule has 0 aliphatic carbocycles. The SMILES string of the molecule is c1ccc(-c2ccc(N(c3ccc(-c4ccccc4)cc3)c3ccc(-c4ccc5c(c4)Oc4ccc(-c6ccccc6)cc4-c4c-5ccc5ccccc45)cc3)cc2)cc1. The first-order valence-electron chi connectivity index (χ1n) is 20.5. The largest absolute Gasteiger partial charge is 0.456 e. The van der Waals surface area contributed by atoms with Gasteiger partial charge < -0.3 is 9.64 Å². The first kappa shape index (κ1) is 35.2. The summed E-state index contributed by atoms with van der Waals surface area (Å²) in [4.78, 5) is 2.33. The third-order valence-electron chi connectivity index (χ3n) is 11.7. The first-order chi connectivity index (χ1) is 29.7. The Balaban J connectivity index is 0.975. The molecule has 2 heteroatoms. The normalized spacial score (nSPS) is 11.5. The molecule has 0 saturated carbocycles. The summed E-state index contributed by atoms with van der Waals surface area (Å²) in [5.41, 5.74) is 17.1. The van der Waals surface area contributed by atoms with Crippen molar-refractivity contribution in [2.75, 3.05) is 4.90 Å².